The summed E-state index contributed by atoms with van der Waals surface area (Å²) < 4.78 is 0. The fourth-order valence-electron chi connectivity index (χ4n) is 1.74. The summed E-state index contributed by atoms with van der Waals surface area (Å²) >= 11 is 5.03. The molecule has 0 saturated carbocycles. The molecule has 0 radical (unpaired) electrons. The van der Waals surface area contributed by atoms with E-state index in [1.165, 1.54) is 0 Å². The molecule has 0 aliphatic heterocycles. The van der Waals surface area contributed by atoms with E-state index in [-0.39, 0.29) is 18.4 Å². The van der Waals surface area contributed by atoms with Crippen LogP contribution in [0.4, 0.5) is 0 Å². The maximum absolute atomic E-state index is 11.9. The van der Waals surface area contributed by atoms with Crippen LogP contribution in [0.2, 0.25) is 0 Å². The molecular formula is C16H24N4O2S. The highest BCUT2D eigenvalue weighted by Crippen LogP contribution is 2.03. The Bertz CT molecular complexity index is 561. The van der Waals surface area contributed by atoms with Crippen molar-refractivity contribution in [3.8, 4) is 0 Å². The van der Waals surface area contributed by atoms with Gasteiger partial charge in [0.25, 0.3) is 11.8 Å². The third kappa shape index (κ3) is 8.15. The molecule has 1 rings (SSSR count). The molecular weight excluding hydrogens is 312 g/mol. The maximum Gasteiger partial charge on any atom is 0.257 e. The van der Waals surface area contributed by atoms with Crippen LogP contribution in [-0.4, -0.2) is 30.0 Å². The molecule has 0 saturated heterocycles. The summed E-state index contributed by atoms with van der Waals surface area (Å²) in [5, 5.41) is 5.89. The van der Waals surface area contributed by atoms with Gasteiger partial charge >= 0.3 is 0 Å². The zero-order valence-corrected chi connectivity index (χ0v) is 14.5. The molecule has 1 aromatic rings. The molecule has 0 bridgehead atoms. The Morgan fingerprint density at radius 2 is 1.91 bits per heavy atom. The van der Waals surface area contributed by atoms with Crippen LogP contribution in [0.1, 0.15) is 36.2 Å². The molecule has 0 spiro atoms. The molecule has 126 valence electrons. The quantitative estimate of drug-likeness (QED) is 0.464. The molecule has 1 aromatic carbocycles. The molecule has 0 aromatic heterocycles. The molecule has 2 amide bonds. The number of carbonyl (C=O) groups is 2. The van der Waals surface area contributed by atoms with Gasteiger partial charge < -0.3 is 10.6 Å². The largest absolute Gasteiger partial charge is 0.361 e. The van der Waals surface area contributed by atoms with E-state index in [0.717, 1.165) is 18.5 Å². The van der Waals surface area contributed by atoms with Crippen molar-refractivity contribution < 1.29 is 9.59 Å². The van der Waals surface area contributed by atoms with Crippen LogP contribution >= 0.6 is 12.2 Å². The number of hydrogen-bond acceptors (Lipinski definition) is 3. The molecule has 0 aliphatic rings. The van der Waals surface area contributed by atoms with Crippen molar-refractivity contribution in [1.29, 1.82) is 0 Å². The Balaban J connectivity index is 2.24. The smallest absolute Gasteiger partial charge is 0.257 e. The lowest BCUT2D eigenvalue weighted by Crippen LogP contribution is -2.49. The molecule has 7 heteroatoms. The predicted octanol–water partition coefficient (Wildman–Crippen LogP) is 1.27. The van der Waals surface area contributed by atoms with Gasteiger partial charge in [0.1, 0.15) is 0 Å². The first-order valence-corrected chi connectivity index (χ1v) is 7.97. The number of hydrogen-bond donors (Lipinski definition) is 4. The second kappa shape index (κ2) is 9.78. The number of benzene rings is 1. The number of nitrogens with one attached hydrogen (secondary N) is 4. The third-order valence-corrected chi connectivity index (χ3v) is 3.26. The Morgan fingerprint density at radius 1 is 1.17 bits per heavy atom. The van der Waals surface area contributed by atoms with Crippen molar-refractivity contribution in [1.82, 2.24) is 21.5 Å². The molecule has 4 N–H and O–H groups in total. The third-order valence-electron chi connectivity index (χ3n) is 3.01. The van der Waals surface area contributed by atoms with Gasteiger partial charge in [0.15, 0.2) is 5.11 Å². The minimum absolute atomic E-state index is 0.131. The van der Waals surface area contributed by atoms with Gasteiger partial charge in [-0.1, -0.05) is 31.5 Å². The standard InChI is InChI=1S/C16H24N4O2S/c1-11(2)7-8-17-16(23)20-19-14(21)10-18-15(22)13-6-4-5-12(3)9-13/h4-6,9,11H,7-8,10H2,1-3H3,(H,18,22)(H,19,21)(H2,17,20,23). The first-order chi connectivity index (χ1) is 10.9. The van der Waals surface area contributed by atoms with Crippen LogP contribution < -0.4 is 21.5 Å². The van der Waals surface area contributed by atoms with E-state index in [1.807, 2.05) is 13.0 Å². The SMILES string of the molecule is Cc1cccc(C(=O)NCC(=O)NNC(=S)NCCC(C)C)c1. The lowest BCUT2D eigenvalue weighted by molar-refractivity contribution is -0.120. The first kappa shape index (κ1) is 18.9. The van der Waals surface area contributed by atoms with Gasteiger partial charge in [0.2, 0.25) is 0 Å². The van der Waals surface area contributed by atoms with Gasteiger partial charge in [-0.25, -0.2) is 0 Å². The Labute approximate surface area is 142 Å². The van der Waals surface area contributed by atoms with E-state index in [9.17, 15) is 9.59 Å². The summed E-state index contributed by atoms with van der Waals surface area (Å²) in [6, 6.07) is 7.17. The van der Waals surface area contributed by atoms with Gasteiger partial charge in [0.05, 0.1) is 6.54 Å². The van der Waals surface area contributed by atoms with Crippen LogP contribution in [0.25, 0.3) is 0 Å². The van der Waals surface area contributed by atoms with E-state index in [2.05, 4.69) is 35.3 Å². The normalized spacial score (nSPS) is 10.1. The zero-order chi connectivity index (χ0) is 17.2. The van der Waals surface area contributed by atoms with Crippen LogP contribution in [0, 0.1) is 12.8 Å². The van der Waals surface area contributed by atoms with Gasteiger partial charge in [0, 0.05) is 12.1 Å². The molecule has 0 aliphatic carbocycles. The molecule has 23 heavy (non-hydrogen) atoms. The van der Waals surface area contributed by atoms with Crippen molar-refractivity contribution >= 4 is 29.1 Å². The topological polar surface area (TPSA) is 82.3 Å². The van der Waals surface area contributed by atoms with Crippen LogP contribution in [-0.2, 0) is 4.79 Å². The highest BCUT2D eigenvalue weighted by atomic mass is 32.1. The summed E-state index contributed by atoms with van der Waals surface area (Å²) in [6.45, 7) is 6.76. The number of amides is 2. The number of aryl methyl sites for hydroxylation is 1. The van der Waals surface area contributed by atoms with Gasteiger partial charge in [-0.15, -0.1) is 0 Å². The molecule has 6 nitrogen and oxygen atoms in total. The summed E-state index contributed by atoms with van der Waals surface area (Å²) in [7, 11) is 0. The average molecular weight is 336 g/mol. The highest BCUT2D eigenvalue weighted by Gasteiger charge is 2.08. The van der Waals surface area contributed by atoms with Crippen molar-refractivity contribution in [2.45, 2.75) is 27.2 Å². The second-order valence-electron chi connectivity index (χ2n) is 5.66. The summed E-state index contributed by atoms with van der Waals surface area (Å²) in [4.78, 5) is 23.6. The Hall–Kier alpha value is -2.15. The monoisotopic (exact) mass is 336 g/mol. The van der Waals surface area contributed by atoms with E-state index < -0.39 is 0 Å². The number of carbonyl (C=O) groups excluding carboxylic acids is 2. The maximum atomic E-state index is 11.9. The Morgan fingerprint density at radius 3 is 2.57 bits per heavy atom. The lowest BCUT2D eigenvalue weighted by atomic mass is 10.1. The molecule has 0 atom stereocenters. The number of hydrazine groups is 1. The summed E-state index contributed by atoms with van der Waals surface area (Å²) in [5.41, 5.74) is 6.54. The lowest BCUT2D eigenvalue weighted by Gasteiger charge is -2.12. The van der Waals surface area contributed by atoms with Crippen LogP contribution in [0.3, 0.4) is 0 Å². The van der Waals surface area contributed by atoms with Gasteiger partial charge in [-0.3, -0.25) is 20.4 Å². The molecule has 0 unspecified atom stereocenters. The minimum Gasteiger partial charge on any atom is -0.361 e. The fraction of sp³-hybridized carbons (Fsp3) is 0.438. The fourth-order valence-corrected chi connectivity index (χ4v) is 1.89. The van der Waals surface area contributed by atoms with Gasteiger partial charge in [-0.05, 0) is 43.6 Å². The van der Waals surface area contributed by atoms with Gasteiger partial charge in [-0.2, -0.15) is 0 Å². The second-order valence-corrected chi connectivity index (χ2v) is 6.07. The van der Waals surface area contributed by atoms with Crippen LogP contribution in [0.15, 0.2) is 24.3 Å². The summed E-state index contributed by atoms with van der Waals surface area (Å²) in [6.07, 6.45) is 0.988. The van der Waals surface area contributed by atoms with E-state index in [1.54, 1.807) is 18.2 Å². The first-order valence-electron chi connectivity index (χ1n) is 7.56. The van der Waals surface area contributed by atoms with Crippen molar-refractivity contribution in [3.63, 3.8) is 0 Å². The average Bonchev–Trinajstić information content (AvgIpc) is 2.50. The number of thiocarbonyl (C=S) groups is 1. The molecule has 0 fully saturated rings. The minimum atomic E-state index is -0.376. The zero-order valence-electron chi connectivity index (χ0n) is 13.7. The highest BCUT2D eigenvalue weighted by molar-refractivity contribution is 7.80. The van der Waals surface area contributed by atoms with Crippen molar-refractivity contribution in [2.75, 3.05) is 13.1 Å². The van der Waals surface area contributed by atoms with E-state index in [0.29, 0.717) is 16.6 Å². The van der Waals surface area contributed by atoms with E-state index >= 15 is 0 Å². The Kier molecular flexibility index (Phi) is 8.04. The van der Waals surface area contributed by atoms with E-state index in [4.69, 9.17) is 12.2 Å². The summed E-state index contributed by atoms with van der Waals surface area (Å²) in [5.74, 6) is -0.0859. The van der Waals surface area contributed by atoms with Crippen molar-refractivity contribution in [2.24, 2.45) is 5.92 Å². The molecule has 0 heterocycles. The van der Waals surface area contributed by atoms with Crippen molar-refractivity contribution in [3.05, 3.63) is 35.4 Å². The number of rotatable bonds is 6. The predicted molar refractivity (Wildman–Crippen MR) is 94.8 cm³/mol. The van der Waals surface area contributed by atoms with Crippen LogP contribution in [0.5, 0.6) is 0 Å².